The van der Waals surface area contributed by atoms with Gasteiger partial charge in [0, 0.05) is 23.7 Å². The Kier molecular flexibility index (Phi) is 11.8. The van der Waals surface area contributed by atoms with Crippen molar-refractivity contribution in [2.45, 2.75) is 135 Å². The third kappa shape index (κ3) is 7.61. The minimum atomic E-state index is -0.635. The molecule has 1 spiro atoms. The molecule has 1 aliphatic heterocycles. The summed E-state index contributed by atoms with van der Waals surface area (Å²) in [6.45, 7) is 10.2. The lowest BCUT2D eigenvalue weighted by Crippen LogP contribution is -2.62. The van der Waals surface area contributed by atoms with Gasteiger partial charge in [0.25, 0.3) is 0 Å². The summed E-state index contributed by atoms with van der Waals surface area (Å²) in [5, 5.41) is 14.4. The monoisotopic (exact) mass is 630 g/mol. The number of nitrogens with zero attached hydrogens (tertiary/aromatic N) is 1. The molecular formula is C41H62N2O3. The van der Waals surface area contributed by atoms with Crippen molar-refractivity contribution in [3.63, 3.8) is 0 Å². The Balaban J connectivity index is 1.25. The summed E-state index contributed by atoms with van der Waals surface area (Å²) in [5.41, 5.74) is 2.76. The van der Waals surface area contributed by atoms with Crippen LogP contribution in [0.15, 0.2) is 66.1 Å². The van der Waals surface area contributed by atoms with Gasteiger partial charge in [-0.25, -0.2) is 0 Å². The number of hydrogen-bond donors (Lipinski definition) is 2. The molecule has 5 atom stereocenters. The number of aliphatic hydroxyl groups excluding tert-OH is 1. The van der Waals surface area contributed by atoms with E-state index in [0.717, 1.165) is 56.5 Å². The largest absolute Gasteiger partial charge is 0.497 e. The molecule has 1 amide bonds. The average molecular weight is 631 g/mol. The van der Waals surface area contributed by atoms with Crippen molar-refractivity contribution >= 4 is 5.91 Å². The maximum atomic E-state index is 14.5. The van der Waals surface area contributed by atoms with Crippen LogP contribution in [0.2, 0.25) is 0 Å². The number of amides is 1. The first kappa shape index (κ1) is 34.8. The summed E-state index contributed by atoms with van der Waals surface area (Å²) < 4.78 is 5.41. The maximum absolute atomic E-state index is 14.5. The first-order valence-electron chi connectivity index (χ1n) is 18.7. The minimum Gasteiger partial charge on any atom is -0.497 e. The lowest BCUT2D eigenvalue weighted by molar-refractivity contribution is -0.156. The van der Waals surface area contributed by atoms with Crippen LogP contribution < -0.4 is 5.32 Å². The highest BCUT2D eigenvalue weighted by Gasteiger charge is 2.53. The molecule has 1 aromatic rings. The van der Waals surface area contributed by atoms with Crippen molar-refractivity contribution in [2.24, 2.45) is 29.6 Å². The van der Waals surface area contributed by atoms with Crippen LogP contribution in [0.4, 0.5) is 0 Å². The molecule has 4 aliphatic rings. The highest BCUT2D eigenvalue weighted by Crippen LogP contribution is 2.54. The van der Waals surface area contributed by atoms with E-state index in [1.807, 2.05) is 18.2 Å². The molecule has 3 aliphatic carbocycles. The summed E-state index contributed by atoms with van der Waals surface area (Å²) in [4.78, 5) is 17.0. The zero-order chi connectivity index (χ0) is 32.7. The Hall–Kier alpha value is -2.53. The summed E-state index contributed by atoms with van der Waals surface area (Å²) in [6.07, 6.45) is 22.9. The molecule has 254 valence electrons. The Morgan fingerprint density at radius 3 is 2.39 bits per heavy atom. The number of rotatable bonds is 13. The molecule has 1 aromatic carbocycles. The second kappa shape index (κ2) is 15.6. The minimum absolute atomic E-state index is 0.0119. The van der Waals surface area contributed by atoms with Crippen LogP contribution >= 0.6 is 0 Å². The Bertz CT molecular complexity index is 1220. The highest BCUT2D eigenvalue weighted by atomic mass is 16.5. The zero-order valence-electron chi connectivity index (χ0n) is 29.5. The smallest absolute Gasteiger partial charge is 0.226 e. The van der Waals surface area contributed by atoms with Gasteiger partial charge in [-0.2, -0.15) is 0 Å². The van der Waals surface area contributed by atoms with Gasteiger partial charge in [-0.1, -0.05) is 83.4 Å². The van der Waals surface area contributed by atoms with Gasteiger partial charge in [-0.15, -0.1) is 0 Å². The van der Waals surface area contributed by atoms with Gasteiger partial charge in [-0.3, -0.25) is 4.79 Å². The summed E-state index contributed by atoms with van der Waals surface area (Å²) in [6, 6.07) is 11.3. The molecule has 2 N–H and O–H groups in total. The number of ether oxygens (including phenoxy) is 1. The number of piperidine rings is 1. The van der Waals surface area contributed by atoms with Crippen molar-refractivity contribution < 1.29 is 14.6 Å². The van der Waals surface area contributed by atoms with Crippen LogP contribution in [0.25, 0.3) is 0 Å². The Morgan fingerprint density at radius 1 is 1.00 bits per heavy atom. The molecule has 5 unspecified atom stereocenters. The van der Waals surface area contributed by atoms with Gasteiger partial charge in [0.2, 0.25) is 5.91 Å². The molecule has 3 fully saturated rings. The van der Waals surface area contributed by atoms with Crippen LogP contribution in [-0.4, -0.2) is 41.3 Å². The number of benzene rings is 1. The fourth-order valence-corrected chi connectivity index (χ4v) is 9.21. The maximum Gasteiger partial charge on any atom is 0.226 e. The van der Waals surface area contributed by atoms with Crippen molar-refractivity contribution in [2.75, 3.05) is 13.7 Å². The molecule has 2 saturated carbocycles. The highest BCUT2D eigenvalue weighted by molar-refractivity contribution is 5.81. The second-order valence-electron chi connectivity index (χ2n) is 15.5. The molecule has 0 aromatic heterocycles. The van der Waals surface area contributed by atoms with E-state index < -0.39 is 6.23 Å². The summed E-state index contributed by atoms with van der Waals surface area (Å²) in [5.74, 6) is 3.11. The number of carbonyl (C=O) groups excluding carboxylic acids is 1. The molecule has 5 nitrogen and oxygen atoms in total. The van der Waals surface area contributed by atoms with Gasteiger partial charge in [0.15, 0.2) is 0 Å². The van der Waals surface area contributed by atoms with Gasteiger partial charge >= 0.3 is 0 Å². The summed E-state index contributed by atoms with van der Waals surface area (Å²) in [7, 11) is 1.68. The second-order valence-corrected chi connectivity index (χ2v) is 15.5. The van der Waals surface area contributed by atoms with E-state index in [1.54, 1.807) is 7.11 Å². The van der Waals surface area contributed by atoms with Gasteiger partial charge in [0.05, 0.1) is 7.11 Å². The normalized spacial score (nSPS) is 33.8. The van der Waals surface area contributed by atoms with E-state index in [0.29, 0.717) is 24.2 Å². The predicted octanol–water partition coefficient (Wildman–Crippen LogP) is 9.05. The van der Waals surface area contributed by atoms with Crippen LogP contribution in [0.5, 0.6) is 0 Å². The molecule has 1 saturated heterocycles. The zero-order valence-corrected chi connectivity index (χ0v) is 29.5. The van der Waals surface area contributed by atoms with E-state index in [-0.39, 0.29) is 28.7 Å². The number of likely N-dealkylation sites (tertiary alicyclic amines) is 1. The molecule has 46 heavy (non-hydrogen) atoms. The number of nitrogens with one attached hydrogen (secondary N) is 1. The van der Waals surface area contributed by atoms with Gasteiger partial charge in [-0.05, 0) is 124 Å². The van der Waals surface area contributed by atoms with Crippen molar-refractivity contribution in [1.29, 1.82) is 0 Å². The quantitative estimate of drug-likeness (QED) is 0.214. The van der Waals surface area contributed by atoms with E-state index >= 15 is 0 Å². The third-order valence-electron chi connectivity index (χ3n) is 12.7. The summed E-state index contributed by atoms with van der Waals surface area (Å²) >= 11 is 0. The predicted molar refractivity (Wildman–Crippen MR) is 189 cm³/mol. The third-order valence-corrected chi connectivity index (χ3v) is 12.7. The lowest BCUT2D eigenvalue weighted by Gasteiger charge is -2.58. The number of hydrogen-bond acceptors (Lipinski definition) is 4. The van der Waals surface area contributed by atoms with Crippen molar-refractivity contribution in [3.05, 3.63) is 71.7 Å². The Morgan fingerprint density at radius 2 is 1.74 bits per heavy atom. The van der Waals surface area contributed by atoms with E-state index in [2.05, 4.69) is 74.3 Å². The number of allylic oxidation sites excluding steroid dienone is 5. The van der Waals surface area contributed by atoms with Crippen molar-refractivity contribution in [3.8, 4) is 0 Å². The fourth-order valence-electron chi connectivity index (χ4n) is 9.21. The number of methoxy groups -OCH3 is 1. The number of aliphatic hydroxyl groups is 1. The molecule has 5 rings (SSSR count). The Labute approximate surface area is 279 Å². The van der Waals surface area contributed by atoms with Crippen LogP contribution in [0, 0.1) is 29.6 Å². The molecule has 0 bridgehead atoms. The van der Waals surface area contributed by atoms with E-state index in [9.17, 15) is 9.90 Å². The standard InChI is InChI=1S/C41H62N2O3/c1-6-12-32(4)41(34-16-8-7-9-17-34)27-25-40(26-28-41)24-23-36(39(45)43(40)29-33-14-11-15-33)30(2)19-22-38(44)42-37-21-20-35(46-5)18-10-13-31(37)3/h7-10,16-18,20-21,30-33,36,38,42,44H,6,11-15,19,22-29H2,1-5H3/b18-10+,35-20+,37-21+. The van der Waals surface area contributed by atoms with Crippen LogP contribution in [0.1, 0.15) is 123 Å². The van der Waals surface area contributed by atoms with Gasteiger partial charge < -0.3 is 20.1 Å². The first-order chi connectivity index (χ1) is 22.2. The van der Waals surface area contributed by atoms with Crippen LogP contribution in [0.3, 0.4) is 0 Å². The topological polar surface area (TPSA) is 61.8 Å². The fraction of sp³-hybridized carbons (Fsp3) is 0.683. The van der Waals surface area contributed by atoms with E-state index in [1.165, 1.54) is 50.5 Å². The number of carbonyl (C=O) groups is 1. The molecule has 0 radical (unpaired) electrons. The average Bonchev–Trinajstić information content (AvgIpc) is 3.03. The molecule has 1 heterocycles. The van der Waals surface area contributed by atoms with Crippen LogP contribution in [-0.2, 0) is 14.9 Å². The first-order valence-corrected chi connectivity index (χ1v) is 18.7. The SMILES string of the molecule is CCCC(C)C1(c2ccccc2)CCC2(CCC(C(C)CCC(O)N/C3=C/C=C(OC)\C=C\CC3C)C(=O)N2CC2CCC2)CC1. The van der Waals surface area contributed by atoms with E-state index in [4.69, 9.17) is 4.74 Å². The lowest BCUT2D eigenvalue weighted by atomic mass is 9.56. The molecule has 5 heteroatoms. The van der Waals surface area contributed by atoms with Gasteiger partial charge in [0.1, 0.15) is 12.0 Å². The van der Waals surface area contributed by atoms with Crippen molar-refractivity contribution in [1.82, 2.24) is 10.2 Å². The molecular weight excluding hydrogens is 568 g/mol.